The van der Waals surface area contributed by atoms with Crippen molar-refractivity contribution in [2.24, 2.45) is 0 Å². The van der Waals surface area contributed by atoms with Gasteiger partial charge >= 0.3 is 0 Å². The lowest BCUT2D eigenvalue weighted by molar-refractivity contribution is -0.116. The molecule has 3 rings (SSSR count). The van der Waals surface area contributed by atoms with Crippen LogP contribution >= 0.6 is 39.1 Å². The van der Waals surface area contributed by atoms with Crippen molar-refractivity contribution in [2.45, 2.75) is 12.8 Å². The minimum absolute atomic E-state index is 0.179. The number of benzene rings is 2. The van der Waals surface area contributed by atoms with Gasteiger partial charge in [0.15, 0.2) is 0 Å². The van der Waals surface area contributed by atoms with Crippen molar-refractivity contribution in [3.8, 4) is 11.4 Å². The van der Waals surface area contributed by atoms with Crippen LogP contribution in [0.25, 0.3) is 11.4 Å². The van der Waals surface area contributed by atoms with Gasteiger partial charge in [-0.3, -0.25) is 4.79 Å². The van der Waals surface area contributed by atoms with Crippen molar-refractivity contribution in [2.75, 3.05) is 5.32 Å². The molecule has 2 aromatic carbocycles. The van der Waals surface area contributed by atoms with E-state index < -0.39 is 0 Å². The van der Waals surface area contributed by atoms with Gasteiger partial charge in [-0.15, -0.1) is 0 Å². The van der Waals surface area contributed by atoms with Gasteiger partial charge in [0, 0.05) is 28.6 Å². The van der Waals surface area contributed by atoms with Crippen molar-refractivity contribution in [3.63, 3.8) is 0 Å². The van der Waals surface area contributed by atoms with Gasteiger partial charge in [-0.25, -0.2) is 0 Å². The Morgan fingerprint density at radius 3 is 2.60 bits per heavy atom. The lowest BCUT2D eigenvalue weighted by atomic mass is 10.2. The van der Waals surface area contributed by atoms with E-state index in [0.29, 0.717) is 33.9 Å². The van der Waals surface area contributed by atoms with Crippen molar-refractivity contribution in [1.82, 2.24) is 10.1 Å². The maximum atomic E-state index is 12.0. The summed E-state index contributed by atoms with van der Waals surface area (Å²) in [6.07, 6.45) is 0.554. The van der Waals surface area contributed by atoms with E-state index in [1.165, 1.54) is 0 Å². The second kappa shape index (κ2) is 7.99. The van der Waals surface area contributed by atoms with Crippen LogP contribution in [0.1, 0.15) is 12.3 Å². The summed E-state index contributed by atoms with van der Waals surface area (Å²) in [5.41, 5.74) is 1.43. The lowest BCUT2D eigenvalue weighted by Gasteiger charge is -2.05. The van der Waals surface area contributed by atoms with E-state index in [0.717, 1.165) is 10.0 Å². The van der Waals surface area contributed by atoms with E-state index in [2.05, 4.69) is 31.4 Å². The second-order valence-corrected chi connectivity index (χ2v) is 6.93. The number of amides is 1. The van der Waals surface area contributed by atoms with Crippen molar-refractivity contribution >= 4 is 50.7 Å². The molecule has 1 N–H and O–H groups in total. The van der Waals surface area contributed by atoms with Gasteiger partial charge in [0.2, 0.25) is 17.6 Å². The number of halogens is 3. The van der Waals surface area contributed by atoms with Crippen LogP contribution in [0.5, 0.6) is 0 Å². The van der Waals surface area contributed by atoms with Crippen LogP contribution in [0.4, 0.5) is 5.69 Å². The Bertz CT molecular complexity index is 897. The molecule has 0 bridgehead atoms. The topological polar surface area (TPSA) is 68.0 Å². The molecule has 0 saturated heterocycles. The highest BCUT2D eigenvalue weighted by Crippen LogP contribution is 2.25. The van der Waals surface area contributed by atoms with Gasteiger partial charge in [-0.05, 0) is 42.5 Å². The second-order valence-electron chi connectivity index (χ2n) is 5.20. The molecule has 0 fully saturated rings. The molecule has 0 radical (unpaired) electrons. The Morgan fingerprint density at radius 1 is 1.12 bits per heavy atom. The molecule has 25 heavy (non-hydrogen) atoms. The smallest absolute Gasteiger partial charge is 0.227 e. The summed E-state index contributed by atoms with van der Waals surface area (Å²) in [5.74, 6) is 0.719. The van der Waals surface area contributed by atoms with Crippen molar-refractivity contribution in [3.05, 3.63) is 62.9 Å². The molecule has 8 heteroatoms. The number of carbonyl (C=O) groups excluding carboxylic acids is 1. The first kappa shape index (κ1) is 17.9. The minimum atomic E-state index is -0.179. The van der Waals surface area contributed by atoms with Crippen LogP contribution < -0.4 is 5.32 Å². The molecule has 0 atom stereocenters. The number of carbonyl (C=O) groups is 1. The number of hydrogen-bond acceptors (Lipinski definition) is 4. The third kappa shape index (κ3) is 4.81. The number of nitrogens with zero attached hydrogens (tertiary/aromatic N) is 2. The number of rotatable bonds is 5. The zero-order chi connectivity index (χ0) is 17.8. The molecule has 0 unspecified atom stereocenters. The molecule has 0 saturated carbocycles. The first-order valence-corrected chi connectivity index (χ1v) is 8.89. The molecule has 0 aliphatic carbocycles. The third-order valence-corrected chi connectivity index (χ3v) is 4.61. The van der Waals surface area contributed by atoms with Gasteiger partial charge in [0.25, 0.3) is 0 Å². The largest absolute Gasteiger partial charge is 0.339 e. The normalized spacial score (nSPS) is 10.7. The zero-order valence-electron chi connectivity index (χ0n) is 12.8. The van der Waals surface area contributed by atoms with Crippen LogP contribution in [0.3, 0.4) is 0 Å². The predicted octanol–water partition coefficient (Wildman–Crippen LogP) is 5.38. The molecule has 3 aromatic rings. The van der Waals surface area contributed by atoms with Crippen LogP contribution in [0, 0.1) is 0 Å². The number of hydrogen-bond donors (Lipinski definition) is 1. The number of nitrogens with one attached hydrogen (secondary N) is 1. The molecule has 0 aliphatic rings. The highest BCUT2D eigenvalue weighted by Gasteiger charge is 2.11. The summed E-state index contributed by atoms with van der Waals surface area (Å²) in [7, 11) is 0. The average Bonchev–Trinajstić information content (AvgIpc) is 3.06. The zero-order valence-corrected chi connectivity index (χ0v) is 15.9. The summed E-state index contributed by atoms with van der Waals surface area (Å²) >= 11 is 15.1. The van der Waals surface area contributed by atoms with Gasteiger partial charge < -0.3 is 9.84 Å². The Kier molecular flexibility index (Phi) is 5.73. The molecule has 1 aromatic heterocycles. The highest BCUT2D eigenvalue weighted by atomic mass is 79.9. The average molecular weight is 441 g/mol. The van der Waals surface area contributed by atoms with E-state index in [1.807, 2.05) is 24.3 Å². The van der Waals surface area contributed by atoms with E-state index in [-0.39, 0.29) is 12.3 Å². The Balaban J connectivity index is 1.57. The van der Waals surface area contributed by atoms with Crippen molar-refractivity contribution < 1.29 is 9.32 Å². The van der Waals surface area contributed by atoms with E-state index in [1.54, 1.807) is 18.2 Å². The fraction of sp³-hybridized carbons (Fsp3) is 0.118. The number of aromatic nitrogens is 2. The Hall–Kier alpha value is -1.89. The standard InChI is InChI=1S/C17H12BrCl2N3O2/c18-11-3-1-10(2-4-11)17-22-16(25-23-17)8-7-15(24)21-12-5-6-13(19)14(20)9-12/h1-6,9H,7-8H2,(H,21,24). The third-order valence-electron chi connectivity index (χ3n) is 3.34. The fourth-order valence-electron chi connectivity index (χ4n) is 2.09. The van der Waals surface area contributed by atoms with Crippen LogP contribution in [0.15, 0.2) is 51.5 Å². The van der Waals surface area contributed by atoms with Crippen molar-refractivity contribution in [1.29, 1.82) is 0 Å². The van der Waals surface area contributed by atoms with Gasteiger partial charge in [-0.2, -0.15) is 4.98 Å². The van der Waals surface area contributed by atoms with Crippen LogP contribution in [0.2, 0.25) is 10.0 Å². The lowest BCUT2D eigenvalue weighted by Crippen LogP contribution is -2.12. The van der Waals surface area contributed by atoms with E-state index >= 15 is 0 Å². The van der Waals surface area contributed by atoms with Crippen LogP contribution in [-0.4, -0.2) is 16.0 Å². The molecule has 1 amide bonds. The van der Waals surface area contributed by atoms with Gasteiger partial charge in [0.05, 0.1) is 10.0 Å². The molecule has 1 heterocycles. The molecular formula is C17H12BrCl2N3O2. The van der Waals surface area contributed by atoms with Crippen LogP contribution in [-0.2, 0) is 11.2 Å². The molecular weight excluding hydrogens is 429 g/mol. The number of aryl methyl sites for hydroxylation is 1. The molecule has 0 spiro atoms. The molecule has 128 valence electrons. The first-order valence-electron chi connectivity index (χ1n) is 7.35. The monoisotopic (exact) mass is 439 g/mol. The Labute approximate surface area is 162 Å². The highest BCUT2D eigenvalue weighted by molar-refractivity contribution is 9.10. The summed E-state index contributed by atoms with van der Waals surface area (Å²) < 4.78 is 6.16. The summed E-state index contributed by atoms with van der Waals surface area (Å²) in [6.45, 7) is 0. The molecule has 0 aliphatic heterocycles. The number of anilines is 1. The summed E-state index contributed by atoms with van der Waals surface area (Å²) in [5, 5.41) is 7.50. The van der Waals surface area contributed by atoms with Gasteiger partial charge in [-0.1, -0.05) is 44.3 Å². The summed E-state index contributed by atoms with van der Waals surface area (Å²) in [4.78, 5) is 16.3. The van der Waals surface area contributed by atoms with E-state index in [9.17, 15) is 4.79 Å². The molecule has 5 nitrogen and oxygen atoms in total. The fourth-order valence-corrected chi connectivity index (χ4v) is 2.65. The SMILES string of the molecule is O=C(CCc1nc(-c2ccc(Br)cc2)no1)Nc1ccc(Cl)c(Cl)c1. The quantitative estimate of drug-likeness (QED) is 0.578. The minimum Gasteiger partial charge on any atom is -0.339 e. The maximum absolute atomic E-state index is 12.0. The van der Waals surface area contributed by atoms with Gasteiger partial charge in [0.1, 0.15) is 0 Å². The maximum Gasteiger partial charge on any atom is 0.227 e. The summed E-state index contributed by atoms with van der Waals surface area (Å²) in [6, 6.07) is 12.5. The first-order chi connectivity index (χ1) is 12.0. The predicted molar refractivity (Wildman–Crippen MR) is 101 cm³/mol. The van der Waals surface area contributed by atoms with E-state index in [4.69, 9.17) is 27.7 Å². The Morgan fingerprint density at radius 2 is 1.88 bits per heavy atom.